The highest BCUT2D eigenvalue weighted by Gasteiger charge is 2.27. The first kappa shape index (κ1) is 38.9. The molecule has 1 unspecified atom stereocenters. The van der Waals surface area contributed by atoms with Crippen LogP contribution in [0.2, 0.25) is 5.02 Å². The number of nitrogens with zero attached hydrogens (tertiary/aromatic N) is 4. The van der Waals surface area contributed by atoms with Gasteiger partial charge in [-0.15, -0.1) is 0 Å². The summed E-state index contributed by atoms with van der Waals surface area (Å²) in [5.41, 5.74) is -0.420. The van der Waals surface area contributed by atoms with Gasteiger partial charge in [-0.3, -0.25) is 9.59 Å². The first-order valence-corrected chi connectivity index (χ1v) is 18.2. The van der Waals surface area contributed by atoms with E-state index in [1.807, 2.05) is 32.6 Å². The van der Waals surface area contributed by atoms with Gasteiger partial charge in [-0.25, -0.2) is 18.7 Å². The Morgan fingerprint density at radius 1 is 0.980 bits per heavy atom. The van der Waals surface area contributed by atoms with Gasteiger partial charge in [-0.1, -0.05) is 83.9 Å². The minimum atomic E-state index is -0.749. The number of hydrogen-bond acceptors (Lipinski definition) is 7. The van der Waals surface area contributed by atoms with Gasteiger partial charge in [0, 0.05) is 50.0 Å². The summed E-state index contributed by atoms with van der Waals surface area (Å²) in [6.07, 6.45) is 10.6. The molecule has 1 aliphatic heterocycles. The molecule has 50 heavy (non-hydrogen) atoms. The summed E-state index contributed by atoms with van der Waals surface area (Å²) in [5.74, 6) is -0.663. The number of nitrogens with one attached hydrogen (secondary N) is 1. The molecule has 2 aromatic carbocycles. The van der Waals surface area contributed by atoms with Crippen molar-refractivity contribution in [2.24, 2.45) is 5.41 Å². The lowest BCUT2D eigenvalue weighted by Gasteiger charge is -2.35. The number of ether oxygens (including phenoxy) is 1. The zero-order chi connectivity index (χ0) is 36.3. The Balaban J connectivity index is 1.27. The van der Waals surface area contributed by atoms with Gasteiger partial charge in [0.2, 0.25) is 11.8 Å². The lowest BCUT2D eigenvalue weighted by Crippen LogP contribution is -2.48. The van der Waals surface area contributed by atoms with E-state index in [1.54, 1.807) is 17.0 Å². The van der Waals surface area contributed by atoms with Gasteiger partial charge in [0.25, 0.3) is 0 Å². The topological polar surface area (TPSA) is 105 Å². The highest BCUT2D eigenvalue weighted by Crippen LogP contribution is 2.42. The smallest absolute Gasteiger partial charge is 0.222 e. The molecule has 0 saturated carbocycles. The minimum Gasteiger partial charge on any atom is -0.493 e. The fourth-order valence-electron chi connectivity index (χ4n) is 6.19. The summed E-state index contributed by atoms with van der Waals surface area (Å²) < 4.78 is 37.6. The second kappa shape index (κ2) is 18.4. The average Bonchev–Trinajstić information content (AvgIpc) is 3.09. The number of amides is 2. The molecular formula is C38H50ClF2N5O4. The molecule has 1 aliphatic rings. The summed E-state index contributed by atoms with van der Waals surface area (Å²) in [6.45, 7) is 10.1. The monoisotopic (exact) mass is 713 g/mol. The van der Waals surface area contributed by atoms with Crippen molar-refractivity contribution in [2.45, 2.75) is 97.9 Å². The van der Waals surface area contributed by atoms with Crippen LogP contribution in [0.25, 0.3) is 22.0 Å². The van der Waals surface area contributed by atoms with Gasteiger partial charge >= 0.3 is 0 Å². The fourth-order valence-corrected chi connectivity index (χ4v) is 6.47. The van der Waals surface area contributed by atoms with Crippen molar-refractivity contribution in [3.63, 3.8) is 0 Å². The molecule has 1 fully saturated rings. The number of unbranched alkanes of at least 4 members (excludes halogenated alkanes) is 7. The van der Waals surface area contributed by atoms with E-state index >= 15 is 8.78 Å². The number of benzene rings is 2. The third kappa shape index (κ3) is 10.1. The van der Waals surface area contributed by atoms with E-state index in [4.69, 9.17) is 16.3 Å². The number of fused-ring (bicyclic) bond motifs is 1. The molecular weight excluding hydrogens is 664 g/mol. The predicted octanol–water partition coefficient (Wildman–Crippen LogP) is 7.91. The van der Waals surface area contributed by atoms with Crippen molar-refractivity contribution in [3.05, 3.63) is 47.2 Å². The van der Waals surface area contributed by atoms with Crippen LogP contribution in [0.5, 0.6) is 5.75 Å². The molecule has 1 aromatic heterocycles. The molecule has 1 atom stereocenters. The third-order valence-corrected chi connectivity index (χ3v) is 9.50. The number of carbonyl (C=O) groups is 3. The normalized spacial score (nSPS) is 14.1. The SMILES string of the molecule is CCC(=O)N1CCN(c2ncnc3c(F)c(-c4c(F)cccc4OCCCCCCCCCCC(=O)NC(C=O)C(C)(C)C)c(Cl)cc23)CC1. The molecule has 0 aliphatic carbocycles. The molecule has 0 spiro atoms. The van der Waals surface area contributed by atoms with Crippen LogP contribution in [0.4, 0.5) is 14.6 Å². The van der Waals surface area contributed by atoms with Crippen molar-refractivity contribution < 1.29 is 27.9 Å². The van der Waals surface area contributed by atoms with Gasteiger partial charge in [0.1, 0.15) is 35.5 Å². The van der Waals surface area contributed by atoms with Crippen molar-refractivity contribution >= 4 is 46.4 Å². The molecule has 0 bridgehead atoms. The van der Waals surface area contributed by atoms with Crippen molar-refractivity contribution in [3.8, 4) is 16.9 Å². The summed E-state index contributed by atoms with van der Waals surface area (Å²) in [4.78, 5) is 48.0. The second-order valence-corrected chi connectivity index (χ2v) is 14.4. The lowest BCUT2D eigenvalue weighted by atomic mass is 9.87. The molecule has 1 saturated heterocycles. The number of aromatic nitrogens is 2. The standard InChI is InChI=1S/C38H50ClF2N5O4/c1-5-32(49)45-18-20-46(21-19-45)37-26-23-27(39)33(35(41)36(26)42-25-43-37)34-28(40)15-14-16-29(34)50-22-13-11-9-7-6-8-10-12-17-31(48)44-30(24-47)38(2,3)4/h14-16,23-25,30H,5-13,17-22H2,1-4H3,(H,44,48). The van der Waals surface area contributed by atoms with Crippen molar-refractivity contribution in [2.75, 3.05) is 37.7 Å². The Kier molecular flexibility index (Phi) is 14.3. The van der Waals surface area contributed by atoms with Gasteiger partial charge in [0.05, 0.1) is 23.2 Å². The Labute approximate surface area is 299 Å². The minimum absolute atomic E-state index is 0.0245. The summed E-state index contributed by atoms with van der Waals surface area (Å²) in [5, 5.41) is 3.26. The maximum absolute atomic E-state index is 16.2. The van der Waals surface area contributed by atoms with Crippen LogP contribution in [0.1, 0.15) is 91.9 Å². The lowest BCUT2D eigenvalue weighted by molar-refractivity contribution is -0.131. The van der Waals surface area contributed by atoms with Gasteiger partial charge in [-0.05, 0) is 36.5 Å². The van der Waals surface area contributed by atoms with Crippen LogP contribution >= 0.6 is 11.6 Å². The Morgan fingerprint density at radius 2 is 1.64 bits per heavy atom. The Hall–Kier alpha value is -3.86. The average molecular weight is 714 g/mol. The van der Waals surface area contributed by atoms with Crippen LogP contribution in [0.3, 0.4) is 0 Å². The number of halogens is 3. The molecule has 3 aromatic rings. The maximum atomic E-state index is 16.2. The summed E-state index contributed by atoms with van der Waals surface area (Å²) in [7, 11) is 0. The zero-order valence-corrected chi connectivity index (χ0v) is 30.5. The molecule has 4 rings (SSSR count). The van der Waals surface area contributed by atoms with E-state index in [9.17, 15) is 14.4 Å². The van der Waals surface area contributed by atoms with E-state index in [0.717, 1.165) is 57.7 Å². The zero-order valence-electron chi connectivity index (χ0n) is 29.7. The van der Waals surface area contributed by atoms with Crippen LogP contribution < -0.4 is 15.0 Å². The first-order chi connectivity index (χ1) is 24.0. The number of carbonyl (C=O) groups excluding carboxylic acids is 3. The van der Waals surface area contributed by atoms with E-state index in [-0.39, 0.29) is 44.6 Å². The molecule has 2 amide bonds. The highest BCUT2D eigenvalue weighted by molar-refractivity contribution is 6.34. The van der Waals surface area contributed by atoms with Crippen molar-refractivity contribution in [1.82, 2.24) is 20.2 Å². The predicted molar refractivity (Wildman–Crippen MR) is 193 cm³/mol. The number of hydrogen-bond donors (Lipinski definition) is 1. The van der Waals surface area contributed by atoms with Gasteiger partial charge in [0.15, 0.2) is 5.82 Å². The van der Waals surface area contributed by atoms with Crippen LogP contribution in [0, 0.1) is 17.0 Å². The first-order valence-electron chi connectivity index (χ1n) is 17.8. The number of aldehydes is 1. The fraction of sp³-hybridized carbons (Fsp3) is 0.553. The summed E-state index contributed by atoms with van der Waals surface area (Å²) >= 11 is 6.68. The third-order valence-electron chi connectivity index (χ3n) is 9.20. The highest BCUT2D eigenvalue weighted by atomic mass is 35.5. The van der Waals surface area contributed by atoms with Crippen LogP contribution in [-0.4, -0.2) is 71.8 Å². The molecule has 9 nitrogen and oxygen atoms in total. The molecule has 12 heteroatoms. The van der Waals surface area contributed by atoms with Crippen molar-refractivity contribution in [1.29, 1.82) is 0 Å². The number of piperazine rings is 1. The molecule has 2 heterocycles. The van der Waals surface area contributed by atoms with E-state index < -0.39 is 17.7 Å². The van der Waals surface area contributed by atoms with Gasteiger partial charge < -0.3 is 24.6 Å². The van der Waals surface area contributed by atoms with E-state index in [1.165, 1.54) is 18.5 Å². The quantitative estimate of drug-likeness (QED) is 0.112. The Bertz CT molecular complexity index is 1620. The number of anilines is 1. The maximum Gasteiger partial charge on any atom is 0.222 e. The largest absolute Gasteiger partial charge is 0.493 e. The molecule has 272 valence electrons. The molecule has 1 N–H and O–H groups in total. The van der Waals surface area contributed by atoms with Crippen LogP contribution in [-0.2, 0) is 14.4 Å². The van der Waals surface area contributed by atoms with E-state index in [0.29, 0.717) is 56.8 Å². The van der Waals surface area contributed by atoms with Crippen LogP contribution in [0.15, 0.2) is 30.6 Å². The van der Waals surface area contributed by atoms with Gasteiger partial charge in [-0.2, -0.15) is 0 Å². The summed E-state index contributed by atoms with van der Waals surface area (Å²) in [6, 6.07) is 5.49. The Morgan fingerprint density at radius 3 is 2.28 bits per heavy atom. The molecule has 0 radical (unpaired) electrons. The number of rotatable bonds is 17. The second-order valence-electron chi connectivity index (χ2n) is 13.9. The van der Waals surface area contributed by atoms with E-state index in [2.05, 4.69) is 15.3 Å².